The third kappa shape index (κ3) is 5.41. The van der Waals surface area contributed by atoms with E-state index in [2.05, 4.69) is 11.9 Å². The van der Waals surface area contributed by atoms with Gasteiger partial charge in [-0.15, -0.1) is 0 Å². The Hall–Kier alpha value is -0.610. The van der Waals surface area contributed by atoms with Crippen molar-refractivity contribution >= 4 is 5.91 Å². The summed E-state index contributed by atoms with van der Waals surface area (Å²) in [6, 6.07) is 0. The fourth-order valence-electron chi connectivity index (χ4n) is 2.86. The maximum absolute atomic E-state index is 11.7. The van der Waals surface area contributed by atoms with E-state index in [0.717, 1.165) is 13.1 Å². The highest BCUT2D eigenvalue weighted by atomic mass is 16.5. The second kappa shape index (κ2) is 10.2. The van der Waals surface area contributed by atoms with E-state index >= 15 is 0 Å². The minimum atomic E-state index is 0.151. The van der Waals surface area contributed by atoms with Gasteiger partial charge in [0.15, 0.2) is 0 Å². The molecule has 4 heteroatoms. The molecule has 2 rings (SSSR count). The Morgan fingerprint density at radius 3 is 2.05 bits per heavy atom. The van der Waals surface area contributed by atoms with E-state index in [1.807, 2.05) is 32.6 Å². The molecule has 20 heavy (non-hydrogen) atoms. The summed E-state index contributed by atoms with van der Waals surface area (Å²) in [6.45, 7) is 12.4. The second-order valence-corrected chi connectivity index (χ2v) is 5.30. The van der Waals surface area contributed by atoms with Crippen LogP contribution >= 0.6 is 0 Å². The van der Waals surface area contributed by atoms with Crippen LogP contribution in [-0.2, 0) is 9.53 Å². The van der Waals surface area contributed by atoms with Gasteiger partial charge in [0.05, 0.1) is 0 Å². The number of ether oxygens (including phenoxy) is 1. The molecule has 0 saturated carbocycles. The molecular formula is C16H34N2O2. The molecule has 0 aromatic rings. The molecule has 0 aromatic carbocycles. The highest BCUT2D eigenvalue weighted by molar-refractivity contribution is 5.77. The van der Waals surface area contributed by atoms with Crippen molar-refractivity contribution in [2.24, 2.45) is 5.41 Å². The number of nitrogens with zero attached hydrogens (tertiary/aromatic N) is 2. The van der Waals surface area contributed by atoms with Gasteiger partial charge >= 0.3 is 0 Å². The van der Waals surface area contributed by atoms with E-state index in [-0.39, 0.29) is 12.5 Å². The quantitative estimate of drug-likeness (QED) is 0.782. The summed E-state index contributed by atoms with van der Waals surface area (Å²) in [5, 5.41) is 0. The summed E-state index contributed by atoms with van der Waals surface area (Å²) in [7, 11) is 3.76. The third-order valence-electron chi connectivity index (χ3n) is 4.11. The van der Waals surface area contributed by atoms with Crippen molar-refractivity contribution in [1.29, 1.82) is 0 Å². The third-order valence-corrected chi connectivity index (χ3v) is 4.11. The predicted octanol–water partition coefficient (Wildman–Crippen LogP) is 2.63. The Morgan fingerprint density at radius 1 is 1.05 bits per heavy atom. The molecule has 4 nitrogen and oxygen atoms in total. The highest BCUT2D eigenvalue weighted by Crippen LogP contribution is 2.39. The maximum Gasteiger partial charge on any atom is 0.248 e. The van der Waals surface area contributed by atoms with E-state index in [9.17, 15) is 4.79 Å². The van der Waals surface area contributed by atoms with Crippen molar-refractivity contribution < 1.29 is 9.53 Å². The van der Waals surface area contributed by atoms with Gasteiger partial charge in [-0.25, -0.2) is 0 Å². The number of methoxy groups -OCH3 is 1. The van der Waals surface area contributed by atoms with Crippen LogP contribution < -0.4 is 0 Å². The molecule has 120 valence electrons. The SMILES string of the molecule is CC.CC.COCC(=O)N1CCC2(CCN(C)CC2)C1. The minimum Gasteiger partial charge on any atom is -0.375 e. The maximum atomic E-state index is 11.7. The van der Waals surface area contributed by atoms with Gasteiger partial charge in [-0.1, -0.05) is 27.7 Å². The predicted molar refractivity (Wildman–Crippen MR) is 84.9 cm³/mol. The molecule has 0 aromatic heterocycles. The number of rotatable bonds is 2. The molecule has 0 aliphatic carbocycles. The van der Waals surface area contributed by atoms with Gasteiger partial charge in [-0.05, 0) is 44.8 Å². The molecule has 0 unspecified atom stereocenters. The van der Waals surface area contributed by atoms with Gasteiger partial charge in [-0.2, -0.15) is 0 Å². The average Bonchev–Trinajstić information content (AvgIpc) is 2.91. The summed E-state index contributed by atoms with van der Waals surface area (Å²) in [5.74, 6) is 0.151. The van der Waals surface area contributed by atoms with Gasteiger partial charge in [0.1, 0.15) is 6.61 Å². The number of carbonyl (C=O) groups is 1. The van der Waals surface area contributed by atoms with Gasteiger partial charge in [0.2, 0.25) is 5.91 Å². The Balaban J connectivity index is 0.000000829. The van der Waals surface area contributed by atoms with E-state index in [4.69, 9.17) is 4.74 Å². The average molecular weight is 286 g/mol. The van der Waals surface area contributed by atoms with Crippen molar-refractivity contribution in [1.82, 2.24) is 9.80 Å². The van der Waals surface area contributed by atoms with Gasteiger partial charge in [0.25, 0.3) is 0 Å². The fourth-order valence-corrected chi connectivity index (χ4v) is 2.86. The number of hydrogen-bond donors (Lipinski definition) is 0. The summed E-state index contributed by atoms with van der Waals surface area (Å²) >= 11 is 0. The lowest BCUT2D eigenvalue weighted by molar-refractivity contribution is -0.134. The van der Waals surface area contributed by atoms with E-state index < -0.39 is 0 Å². The van der Waals surface area contributed by atoms with Crippen LogP contribution in [0.25, 0.3) is 0 Å². The fraction of sp³-hybridized carbons (Fsp3) is 0.938. The minimum absolute atomic E-state index is 0.151. The van der Waals surface area contributed by atoms with Crippen molar-refractivity contribution in [3.8, 4) is 0 Å². The first-order valence-corrected chi connectivity index (χ1v) is 8.10. The zero-order valence-corrected chi connectivity index (χ0v) is 14.4. The van der Waals surface area contributed by atoms with Gasteiger partial charge in [-0.3, -0.25) is 4.79 Å². The normalized spacial score (nSPS) is 20.8. The Bertz CT molecular complexity index is 261. The van der Waals surface area contributed by atoms with Gasteiger partial charge < -0.3 is 14.5 Å². The number of likely N-dealkylation sites (tertiary alicyclic amines) is 2. The van der Waals surface area contributed by atoms with Crippen LogP contribution in [-0.4, -0.2) is 62.7 Å². The smallest absolute Gasteiger partial charge is 0.248 e. The van der Waals surface area contributed by atoms with Crippen LogP contribution in [0.2, 0.25) is 0 Å². The van der Waals surface area contributed by atoms with Crippen molar-refractivity contribution in [2.45, 2.75) is 47.0 Å². The van der Waals surface area contributed by atoms with Crippen molar-refractivity contribution in [3.05, 3.63) is 0 Å². The standard InChI is InChI=1S/C12H22N2O2.2C2H6/c1-13-6-3-12(4-7-13)5-8-14(10-12)11(15)9-16-2;2*1-2/h3-10H2,1-2H3;2*1-2H3. The lowest BCUT2D eigenvalue weighted by Gasteiger charge is -2.37. The summed E-state index contributed by atoms with van der Waals surface area (Å²) < 4.78 is 4.91. The number of amides is 1. The molecule has 0 atom stereocenters. The van der Waals surface area contributed by atoms with Gasteiger partial charge in [0, 0.05) is 20.2 Å². The molecule has 0 N–H and O–H groups in total. The first-order valence-electron chi connectivity index (χ1n) is 8.10. The molecule has 2 aliphatic rings. The zero-order valence-electron chi connectivity index (χ0n) is 14.4. The molecule has 2 saturated heterocycles. The summed E-state index contributed by atoms with van der Waals surface area (Å²) in [6.07, 6.45) is 3.65. The molecule has 1 spiro atoms. The lowest BCUT2D eigenvalue weighted by atomic mass is 9.78. The topological polar surface area (TPSA) is 32.8 Å². The van der Waals surface area contributed by atoms with Crippen LogP contribution in [0.1, 0.15) is 47.0 Å². The molecule has 1 amide bonds. The highest BCUT2D eigenvalue weighted by Gasteiger charge is 2.41. The van der Waals surface area contributed by atoms with Crippen LogP contribution in [0, 0.1) is 5.41 Å². The van der Waals surface area contributed by atoms with E-state index in [1.165, 1.54) is 32.4 Å². The molecule has 0 radical (unpaired) electrons. The van der Waals surface area contributed by atoms with E-state index in [1.54, 1.807) is 7.11 Å². The number of piperidine rings is 1. The Kier molecular flexibility index (Phi) is 9.86. The first-order chi connectivity index (χ1) is 9.65. The lowest BCUT2D eigenvalue weighted by Crippen LogP contribution is -2.41. The van der Waals surface area contributed by atoms with Crippen LogP contribution in [0.5, 0.6) is 0 Å². The summed E-state index contributed by atoms with van der Waals surface area (Å²) in [4.78, 5) is 16.1. The van der Waals surface area contributed by atoms with Crippen molar-refractivity contribution in [3.63, 3.8) is 0 Å². The summed E-state index contributed by atoms with van der Waals surface area (Å²) in [5.41, 5.74) is 0.413. The molecule has 0 bridgehead atoms. The van der Waals surface area contributed by atoms with Crippen molar-refractivity contribution in [2.75, 3.05) is 46.9 Å². The molecular weight excluding hydrogens is 252 g/mol. The van der Waals surface area contributed by atoms with Crippen LogP contribution in [0.4, 0.5) is 0 Å². The molecule has 2 fully saturated rings. The zero-order chi connectivity index (χ0) is 15.6. The van der Waals surface area contributed by atoms with Crippen LogP contribution in [0.15, 0.2) is 0 Å². The van der Waals surface area contributed by atoms with Crippen LogP contribution in [0.3, 0.4) is 0 Å². The second-order valence-electron chi connectivity index (χ2n) is 5.30. The first kappa shape index (κ1) is 19.4. The Labute approximate surface area is 125 Å². The molecule has 2 aliphatic heterocycles. The monoisotopic (exact) mass is 286 g/mol. The van der Waals surface area contributed by atoms with E-state index in [0.29, 0.717) is 5.41 Å². The number of hydrogen-bond acceptors (Lipinski definition) is 3. The largest absolute Gasteiger partial charge is 0.375 e. The number of carbonyl (C=O) groups excluding carboxylic acids is 1. The Morgan fingerprint density at radius 2 is 1.55 bits per heavy atom. The molecule has 2 heterocycles.